The predicted octanol–water partition coefficient (Wildman–Crippen LogP) is 2.89. The van der Waals surface area contributed by atoms with Crippen molar-refractivity contribution in [2.45, 2.75) is 6.92 Å². The second-order valence-corrected chi connectivity index (χ2v) is 5.04. The molecule has 0 spiro atoms. The SMILES string of the molecule is COc1cc(C(N)=S)ccc1NC(=O)c1ccc(C)cc1. The first-order valence-corrected chi connectivity index (χ1v) is 6.78. The summed E-state index contributed by atoms with van der Waals surface area (Å²) in [5.74, 6) is 0.317. The number of carbonyl (C=O) groups excluding carboxylic acids is 1. The van der Waals surface area contributed by atoms with Crippen LogP contribution in [0.1, 0.15) is 21.5 Å². The Kier molecular flexibility index (Phi) is 4.55. The number of aryl methyl sites for hydroxylation is 1. The van der Waals surface area contributed by atoms with E-state index in [4.69, 9.17) is 22.7 Å². The second kappa shape index (κ2) is 6.37. The van der Waals surface area contributed by atoms with Gasteiger partial charge in [-0.1, -0.05) is 29.9 Å². The molecule has 3 N–H and O–H groups in total. The van der Waals surface area contributed by atoms with Crippen molar-refractivity contribution in [1.82, 2.24) is 0 Å². The van der Waals surface area contributed by atoms with Crippen LogP contribution in [-0.4, -0.2) is 18.0 Å². The molecule has 0 unspecified atom stereocenters. The average Bonchev–Trinajstić information content (AvgIpc) is 2.48. The molecule has 0 fully saturated rings. The number of benzene rings is 2. The van der Waals surface area contributed by atoms with E-state index in [0.717, 1.165) is 5.56 Å². The van der Waals surface area contributed by atoms with E-state index in [1.54, 1.807) is 30.3 Å². The van der Waals surface area contributed by atoms with E-state index >= 15 is 0 Å². The minimum Gasteiger partial charge on any atom is -0.495 e. The molecule has 0 aliphatic rings. The zero-order valence-corrected chi connectivity index (χ0v) is 12.7. The third-order valence-corrected chi connectivity index (χ3v) is 3.28. The minimum absolute atomic E-state index is 0.198. The number of hydrogen-bond acceptors (Lipinski definition) is 3. The Labute approximate surface area is 128 Å². The first-order chi connectivity index (χ1) is 10.0. The number of nitrogens with one attached hydrogen (secondary N) is 1. The van der Waals surface area contributed by atoms with Crippen molar-refractivity contribution < 1.29 is 9.53 Å². The highest BCUT2D eigenvalue weighted by molar-refractivity contribution is 7.80. The van der Waals surface area contributed by atoms with Crippen LogP contribution in [0, 0.1) is 6.92 Å². The molecule has 5 heteroatoms. The van der Waals surface area contributed by atoms with Gasteiger partial charge in [0.05, 0.1) is 12.8 Å². The van der Waals surface area contributed by atoms with Gasteiger partial charge in [-0.3, -0.25) is 4.79 Å². The number of carbonyl (C=O) groups is 1. The predicted molar refractivity (Wildman–Crippen MR) is 88.0 cm³/mol. The summed E-state index contributed by atoms with van der Waals surface area (Å²) in [5.41, 5.74) is 8.53. The summed E-state index contributed by atoms with van der Waals surface area (Å²) in [4.78, 5) is 12.5. The molecule has 108 valence electrons. The second-order valence-electron chi connectivity index (χ2n) is 4.60. The number of thiocarbonyl (C=S) groups is 1. The number of ether oxygens (including phenoxy) is 1. The topological polar surface area (TPSA) is 64.3 Å². The molecular weight excluding hydrogens is 284 g/mol. The summed E-state index contributed by atoms with van der Waals surface area (Å²) in [6.45, 7) is 1.97. The van der Waals surface area contributed by atoms with Crippen LogP contribution in [0.4, 0.5) is 5.69 Å². The lowest BCUT2D eigenvalue weighted by Crippen LogP contribution is -2.14. The van der Waals surface area contributed by atoms with Crippen molar-refractivity contribution in [2.75, 3.05) is 12.4 Å². The van der Waals surface area contributed by atoms with Crippen molar-refractivity contribution in [3.63, 3.8) is 0 Å². The van der Waals surface area contributed by atoms with Gasteiger partial charge in [0, 0.05) is 11.1 Å². The van der Waals surface area contributed by atoms with E-state index in [1.807, 2.05) is 19.1 Å². The van der Waals surface area contributed by atoms with Gasteiger partial charge in [-0.2, -0.15) is 0 Å². The molecule has 0 atom stereocenters. The summed E-state index contributed by atoms with van der Waals surface area (Å²) >= 11 is 4.92. The summed E-state index contributed by atoms with van der Waals surface area (Å²) in [6, 6.07) is 12.5. The number of amides is 1. The van der Waals surface area contributed by atoms with Crippen LogP contribution in [0.25, 0.3) is 0 Å². The van der Waals surface area contributed by atoms with E-state index in [0.29, 0.717) is 22.6 Å². The average molecular weight is 300 g/mol. The number of hydrogen-bond donors (Lipinski definition) is 2. The maximum Gasteiger partial charge on any atom is 0.255 e. The van der Waals surface area contributed by atoms with Gasteiger partial charge < -0.3 is 15.8 Å². The molecule has 2 rings (SSSR count). The van der Waals surface area contributed by atoms with Crippen molar-refractivity contribution in [2.24, 2.45) is 5.73 Å². The van der Waals surface area contributed by atoms with Gasteiger partial charge in [-0.25, -0.2) is 0 Å². The van der Waals surface area contributed by atoms with Crippen LogP contribution in [0.15, 0.2) is 42.5 Å². The highest BCUT2D eigenvalue weighted by atomic mass is 32.1. The largest absolute Gasteiger partial charge is 0.495 e. The molecule has 0 aliphatic carbocycles. The Morgan fingerprint density at radius 1 is 1.14 bits per heavy atom. The van der Waals surface area contributed by atoms with E-state index < -0.39 is 0 Å². The van der Waals surface area contributed by atoms with Crippen molar-refractivity contribution >= 4 is 28.8 Å². The minimum atomic E-state index is -0.198. The highest BCUT2D eigenvalue weighted by Crippen LogP contribution is 2.26. The fourth-order valence-electron chi connectivity index (χ4n) is 1.85. The molecule has 0 saturated heterocycles. The van der Waals surface area contributed by atoms with E-state index in [1.165, 1.54) is 7.11 Å². The molecule has 0 bridgehead atoms. The fraction of sp³-hybridized carbons (Fsp3) is 0.125. The molecule has 0 saturated carbocycles. The summed E-state index contributed by atoms with van der Waals surface area (Å²) in [5, 5.41) is 2.82. The molecule has 4 nitrogen and oxygen atoms in total. The molecule has 21 heavy (non-hydrogen) atoms. The molecule has 0 aromatic heterocycles. The first-order valence-electron chi connectivity index (χ1n) is 6.37. The van der Waals surface area contributed by atoms with Gasteiger partial charge in [0.2, 0.25) is 0 Å². The molecular formula is C16H16N2O2S. The Morgan fingerprint density at radius 3 is 2.33 bits per heavy atom. The van der Waals surface area contributed by atoms with E-state index in [2.05, 4.69) is 5.32 Å². The van der Waals surface area contributed by atoms with Crippen LogP contribution in [0.3, 0.4) is 0 Å². The van der Waals surface area contributed by atoms with Gasteiger partial charge in [0.1, 0.15) is 10.7 Å². The fourth-order valence-corrected chi connectivity index (χ4v) is 1.97. The van der Waals surface area contributed by atoms with Crippen LogP contribution < -0.4 is 15.8 Å². The van der Waals surface area contributed by atoms with Gasteiger partial charge in [-0.15, -0.1) is 0 Å². The van der Waals surface area contributed by atoms with Crippen molar-refractivity contribution in [3.8, 4) is 5.75 Å². The lowest BCUT2D eigenvalue weighted by atomic mass is 10.1. The zero-order valence-electron chi connectivity index (χ0n) is 11.8. The lowest BCUT2D eigenvalue weighted by Gasteiger charge is -2.11. The normalized spacial score (nSPS) is 10.0. The van der Waals surface area contributed by atoms with E-state index in [9.17, 15) is 4.79 Å². The lowest BCUT2D eigenvalue weighted by molar-refractivity contribution is 0.102. The molecule has 0 radical (unpaired) electrons. The van der Waals surface area contributed by atoms with Crippen molar-refractivity contribution in [1.29, 1.82) is 0 Å². The summed E-state index contributed by atoms with van der Waals surface area (Å²) in [7, 11) is 1.53. The Balaban J connectivity index is 2.24. The van der Waals surface area contributed by atoms with Gasteiger partial charge >= 0.3 is 0 Å². The summed E-state index contributed by atoms with van der Waals surface area (Å²) in [6.07, 6.45) is 0. The Bertz CT molecular complexity index is 681. The summed E-state index contributed by atoms with van der Waals surface area (Å²) < 4.78 is 5.26. The number of methoxy groups -OCH3 is 1. The third kappa shape index (κ3) is 3.58. The number of anilines is 1. The quantitative estimate of drug-likeness (QED) is 0.852. The van der Waals surface area contributed by atoms with E-state index in [-0.39, 0.29) is 10.9 Å². The van der Waals surface area contributed by atoms with Crippen LogP contribution in [0.5, 0.6) is 5.75 Å². The highest BCUT2D eigenvalue weighted by Gasteiger charge is 2.11. The molecule has 0 aliphatic heterocycles. The maximum atomic E-state index is 12.2. The Morgan fingerprint density at radius 2 is 1.76 bits per heavy atom. The number of nitrogens with two attached hydrogens (primary N) is 1. The molecule has 2 aromatic carbocycles. The van der Waals surface area contributed by atoms with Crippen molar-refractivity contribution in [3.05, 3.63) is 59.2 Å². The van der Waals surface area contributed by atoms with Crippen LogP contribution >= 0.6 is 12.2 Å². The maximum absolute atomic E-state index is 12.2. The third-order valence-electron chi connectivity index (χ3n) is 3.05. The van der Waals surface area contributed by atoms with Gasteiger partial charge in [0.15, 0.2) is 0 Å². The van der Waals surface area contributed by atoms with Gasteiger partial charge in [-0.05, 0) is 37.3 Å². The number of rotatable bonds is 4. The molecule has 2 aromatic rings. The smallest absolute Gasteiger partial charge is 0.255 e. The van der Waals surface area contributed by atoms with Gasteiger partial charge in [0.25, 0.3) is 5.91 Å². The van der Waals surface area contributed by atoms with Crippen LogP contribution in [0.2, 0.25) is 0 Å². The Hall–Kier alpha value is -2.40. The molecule has 0 heterocycles. The first kappa shape index (κ1) is 15.0. The molecule has 1 amide bonds. The monoisotopic (exact) mass is 300 g/mol. The zero-order chi connectivity index (χ0) is 15.4. The van der Waals surface area contributed by atoms with Crippen LogP contribution in [-0.2, 0) is 0 Å². The standard InChI is InChI=1S/C16H16N2O2S/c1-10-3-5-11(6-4-10)16(19)18-13-8-7-12(15(17)21)9-14(13)20-2/h3-9H,1-2H3,(H2,17,21)(H,18,19).